The maximum atomic E-state index is 10.5. The van der Waals surface area contributed by atoms with Gasteiger partial charge in [0.15, 0.2) is 0 Å². The molecule has 5 nitrogen and oxygen atoms in total. The van der Waals surface area contributed by atoms with Gasteiger partial charge in [-0.3, -0.25) is 0 Å². The molecule has 0 aromatic heterocycles. The predicted octanol–water partition coefficient (Wildman–Crippen LogP) is -0.880. The van der Waals surface area contributed by atoms with Gasteiger partial charge in [-0.05, 0) is 34.0 Å². The van der Waals surface area contributed by atoms with E-state index in [0.717, 1.165) is 13.0 Å². The highest BCUT2D eigenvalue weighted by Crippen LogP contribution is 1.92. The lowest BCUT2D eigenvalue weighted by molar-refractivity contribution is 0.379. The van der Waals surface area contributed by atoms with Crippen LogP contribution in [0.5, 0.6) is 0 Å². The number of nitrogens with zero attached hydrogens (tertiary/aromatic N) is 1. The second-order valence-corrected chi connectivity index (χ2v) is 4.48. The van der Waals surface area contributed by atoms with E-state index in [1.807, 2.05) is 19.0 Å². The quantitative estimate of drug-likeness (QED) is 0.598. The normalized spacial score (nSPS) is 15.1. The lowest BCUT2D eigenvalue weighted by atomic mass is 10.2. The molecule has 74 valence electrons. The van der Waals surface area contributed by atoms with E-state index < -0.39 is 10.2 Å². The van der Waals surface area contributed by atoms with Gasteiger partial charge in [0.2, 0.25) is 0 Å². The SMILES string of the molecule is CC(CCN(C)C)NS(N)(=O)=O. The highest BCUT2D eigenvalue weighted by atomic mass is 32.2. The van der Waals surface area contributed by atoms with Crippen LogP contribution in [0.15, 0.2) is 0 Å². The molecule has 12 heavy (non-hydrogen) atoms. The third-order valence-electron chi connectivity index (χ3n) is 1.37. The summed E-state index contributed by atoms with van der Waals surface area (Å²) in [6.45, 7) is 2.62. The van der Waals surface area contributed by atoms with Crippen molar-refractivity contribution in [1.82, 2.24) is 9.62 Å². The Kier molecular flexibility index (Phi) is 4.69. The second kappa shape index (κ2) is 4.76. The largest absolute Gasteiger partial charge is 0.309 e. The molecule has 0 saturated heterocycles. The fraction of sp³-hybridized carbons (Fsp3) is 1.00. The van der Waals surface area contributed by atoms with Crippen LogP contribution in [0.2, 0.25) is 0 Å². The molecule has 1 atom stereocenters. The van der Waals surface area contributed by atoms with Crippen molar-refractivity contribution in [2.75, 3.05) is 20.6 Å². The Morgan fingerprint density at radius 2 is 2.00 bits per heavy atom. The average molecular weight is 195 g/mol. The lowest BCUT2D eigenvalue weighted by Gasteiger charge is -2.14. The molecule has 0 heterocycles. The van der Waals surface area contributed by atoms with Gasteiger partial charge in [0.1, 0.15) is 0 Å². The molecule has 0 aliphatic heterocycles. The highest BCUT2D eigenvalue weighted by Gasteiger charge is 2.08. The fourth-order valence-electron chi connectivity index (χ4n) is 0.791. The van der Waals surface area contributed by atoms with Gasteiger partial charge >= 0.3 is 0 Å². The molecule has 1 unspecified atom stereocenters. The van der Waals surface area contributed by atoms with Crippen LogP contribution in [0.1, 0.15) is 13.3 Å². The summed E-state index contributed by atoms with van der Waals surface area (Å²) in [4.78, 5) is 1.99. The zero-order valence-corrected chi connectivity index (χ0v) is 8.56. The highest BCUT2D eigenvalue weighted by molar-refractivity contribution is 7.87. The molecule has 0 amide bonds. The third kappa shape index (κ3) is 7.93. The zero-order chi connectivity index (χ0) is 9.78. The van der Waals surface area contributed by atoms with Crippen LogP contribution < -0.4 is 9.86 Å². The monoisotopic (exact) mass is 195 g/mol. The first-order chi connectivity index (χ1) is 5.31. The number of hydrogen-bond donors (Lipinski definition) is 2. The van der Waals surface area contributed by atoms with Gasteiger partial charge in [-0.25, -0.2) is 5.14 Å². The smallest absolute Gasteiger partial charge is 0.274 e. The molecule has 0 bridgehead atoms. The predicted molar refractivity (Wildman–Crippen MR) is 48.9 cm³/mol. The Morgan fingerprint density at radius 3 is 2.33 bits per heavy atom. The van der Waals surface area contributed by atoms with Crippen molar-refractivity contribution in [2.24, 2.45) is 5.14 Å². The maximum absolute atomic E-state index is 10.5. The van der Waals surface area contributed by atoms with Crippen LogP contribution in [-0.4, -0.2) is 40.0 Å². The topological polar surface area (TPSA) is 75.4 Å². The van der Waals surface area contributed by atoms with Crippen molar-refractivity contribution < 1.29 is 8.42 Å². The Labute approximate surface area is 74.1 Å². The van der Waals surface area contributed by atoms with Crippen molar-refractivity contribution in [1.29, 1.82) is 0 Å². The van der Waals surface area contributed by atoms with Crippen LogP contribution in [0.25, 0.3) is 0 Å². The molecule has 0 aromatic carbocycles. The zero-order valence-electron chi connectivity index (χ0n) is 7.74. The molecule has 0 aliphatic rings. The Morgan fingerprint density at radius 1 is 1.50 bits per heavy atom. The molecule has 0 fully saturated rings. The van der Waals surface area contributed by atoms with Gasteiger partial charge in [0.05, 0.1) is 0 Å². The van der Waals surface area contributed by atoms with E-state index in [1.54, 1.807) is 6.92 Å². The molecule has 0 spiro atoms. The number of nitrogens with one attached hydrogen (secondary N) is 1. The van der Waals surface area contributed by atoms with E-state index in [1.165, 1.54) is 0 Å². The summed E-state index contributed by atoms with van der Waals surface area (Å²) in [6.07, 6.45) is 0.753. The minimum absolute atomic E-state index is 0.109. The van der Waals surface area contributed by atoms with Crippen molar-refractivity contribution in [2.45, 2.75) is 19.4 Å². The second-order valence-electron chi connectivity index (χ2n) is 3.16. The van der Waals surface area contributed by atoms with Crippen LogP contribution in [0.3, 0.4) is 0 Å². The van der Waals surface area contributed by atoms with E-state index >= 15 is 0 Å². The van der Waals surface area contributed by atoms with Crippen molar-refractivity contribution >= 4 is 10.2 Å². The summed E-state index contributed by atoms with van der Waals surface area (Å²) >= 11 is 0. The third-order valence-corrected chi connectivity index (χ3v) is 2.11. The summed E-state index contributed by atoms with van der Waals surface area (Å²) in [7, 11) is 0.329. The summed E-state index contributed by atoms with van der Waals surface area (Å²) < 4.78 is 23.4. The van der Waals surface area contributed by atoms with Crippen LogP contribution in [0, 0.1) is 0 Å². The summed E-state index contributed by atoms with van der Waals surface area (Å²) in [5.74, 6) is 0. The van der Waals surface area contributed by atoms with Gasteiger partial charge in [-0.2, -0.15) is 13.1 Å². The summed E-state index contributed by atoms with van der Waals surface area (Å²) in [5.41, 5.74) is 0. The molecule has 0 aromatic rings. The Bertz CT molecular complexity index is 213. The van der Waals surface area contributed by atoms with Gasteiger partial charge in [0.25, 0.3) is 10.2 Å². The van der Waals surface area contributed by atoms with Crippen LogP contribution in [-0.2, 0) is 10.2 Å². The average Bonchev–Trinajstić information content (AvgIpc) is 1.79. The molecule has 0 aliphatic carbocycles. The summed E-state index contributed by atoms with van der Waals surface area (Å²) in [6, 6.07) is -0.109. The number of nitrogens with two attached hydrogens (primary N) is 1. The van der Waals surface area contributed by atoms with E-state index in [-0.39, 0.29) is 6.04 Å². The van der Waals surface area contributed by atoms with Gasteiger partial charge in [0, 0.05) is 6.04 Å². The molecular weight excluding hydrogens is 178 g/mol. The molecular formula is C6H17N3O2S. The Hall–Kier alpha value is -0.170. The molecule has 6 heteroatoms. The van der Waals surface area contributed by atoms with E-state index in [2.05, 4.69) is 4.72 Å². The van der Waals surface area contributed by atoms with Crippen LogP contribution in [0.4, 0.5) is 0 Å². The number of hydrogen-bond acceptors (Lipinski definition) is 3. The van der Waals surface area contributed by atoms with Crippen molar-refractivity contribution in [3.8, 4) is 0 Å². The Balaban J connectivity index is 3.68. The van der Waals surface area contributed by atoms with E-state index in [0.29, 0.717) is 0 Å². The number of rotatable bonds is 5. The van der Waals surface area contributed by atoms with E-state index in [9.17, 15) is 8.42 Å². The molecule has 3 N–H and O–H groups in total. The first kappa shape index (κ1) is 11.8. The van der Waals surface area contributed by atoms with Gasteiger partial charge in [-0.1, -0.05) is 0 Å². The molecule has 0 rings (SSSR count). The van der Waals surface area contributed by atoms with Crippen molar-refractivity contribution in [3.05, 3.63) is 0 Å². The molecule has 0 saturated carbocycles. The summed E-state index contributed by atoms with van der Waals surface area (Å²) in [5, 5.41) is 4.79. The van der Waals surface area contributed by atoms with Crippen LogP contribution >= 0.6 is 0 Å². The van der Waals surface area contributed by atoms with Gasteiger partial charge in [-0.15, -0.1) is 0 Å². The lowest BCUT2D eigenvalue weighted by Crippen LogP contribution is -2.39. The minimum atomic E-state index is -3.54. The maximum Gasteiger partial charge on any atom is 0.274 e. The van der Waals surface area contributed by atoms with Gasteiger partial charge < -0.3 is 4.90 Å². The first-order valence-electron chi connectivity index (χ1n) is 3.76. The fourth-order valence-corrected chi connectivity index (χ4v) is 1.47. The first-order valence-corrected chi connectivity index (χ1v) is 5.30. The molecule has 0 radical (unpaired) electrons. The van der Waals surface area contributed by atoms with E-state index in [4.69, 9.17) is 5.14 Å². The minimum Gasteiger partial charge on any atom is -0.309 e. The standard InChI is InChI=1S/C6H17N3O2S/c1-6(4-5-9(2)3)8-12(7,10)11/h6,8H,4-5H2,1-3H3,(H2,7,10,11). The van der Waals surface area contributed by atoms with Crippen molar-refractivity contribution in [3.63, 3.8) is 0 Å².